The molecule has 6 heteroatoms. The summed E-state index contributed by atoms with van der Waals surface area (Å²) in [6, 6.07) is 7.14. The van der Waals surface area contributed by atoms with Gasteiger partial charge in [-0.1, -0.05) is 83.3 Å². The van der Waals surface area contributed by atoms with Crippen molar-refractivity contribution in [3.05, 3.63) is 29.8 Å². The molecule has 0 bridgehead atoms. The van der Waals surface area contributed by atoms with E-state index in [0.29, 0.717) is 17.7 Å². The van der Waals surface area contributed by atoms with Crippen LogP contribution >= 0.6 is 12.2 Å². The van der Waals surface area contributed by atoms with E-state index in [1.165, 1.54) is 57.8 Å². The number of hydrogen-bond acceptors (Lipinski definition) is 3. The Morgan fingerprint density at radius 1 is 0.844 bits per heavy atom. The molecule has 0 aliphatic heterocycles. The van der Waals surface area contributed by atoms with Crippen LogP contribution in [0.4, 0.5) is 5.69 Å². The number of benzene rings is 1. The Labute approximate surface area is 200 Å². The normalized spacial score (nSPS) is 11.1. The summed E-state index contributed by atoms with van der Waals surface area (Å²) in [7, 11) is 0. The number of amides is 2. The molecule has 0 heterocycles. The zero-order valence-corrected chi connectivity index (χ0v) is 21.3. The van der Waals surface area contributed by atoms with Gasteiger partial charge in [-0.3, -0.25) is 9.59 Å². The topological polar surface area (TPSA) is 70.2 Å². The number of hydrogen-bond donors (Lipinski definition) is 3. The van der Waals surface area contributed by atoms with Crippen molar-refractivity contribution in [2.24, 2.45) is 0 Å². The molecule has 0 unspecified atom stereocenters. The van der Waals surface area contributed by atoms with Crippen molar-refractivity contribution in [2.75, 3.05) is 5.32 Å². The van der Waals surface area contributed by atoms with Crippen molar-refractivity contribution in [1.29, 1.82) is 0 Å². The summed E-state index contributed by atoms with van der Waals surface area (Å²) in [6.45, 7) is 8.04. The first-order valence-corrected chi connectivity index (χ1v) is 12.7. The van der Waals surface area contributed by atoms with Crippen molar-refractivity contribution in [3.63, 3.8) is 0 Å². The van der Waals surface area contributed by atoms with Crippen LogP contribution in [0.3, 0.4) is 0 Å². The molecule has 5 nitrogen and oxygen atoms in total. The first kappa shape index (κ1) is 28.1. The van der Waals surface area contributed by atoms with Crippen LogP contribution in [-0.4, -0.2) is 22.5 Å². The molecule has 0 radical (unpaired) electrons. The van der Waals surface area contributed by atoms with Crippen LogP contribution in [0.25, 0.3) is 0 Å². The van der Waals surface area contributed by atoms with Crippen molar-refractivity contribution in [3.8, 4) is 0 Å². The maximum absolute atomic E-state index is 12.5. The summed E-state index contributed by atoms with van der Waals surface area (Å²) >= 11 is 5.28. The second kappa shape index (κ2) is 15.8. The molecule has 1 rings (SSSR count). The van der Waals surface area contributed by atoms with Crippen LogP contribution in [0.15, 0.2) is 24.3 Å². The lowest BCUT2D eigenvalue weighted by molar-refractivity contribution is -0.119. The van der Waals surface area contributed by atoms with E-state index in [-0.39, 0.29) is 22.5 Å². The maximum Gasteiger partial charge on any atom is 0.253 e. The van der Waals surface area contributed by atoms with Gasteiger partial charge >= 0.3 is 0 Å². The van der Waals surface area contributed by atoms with Gasteiger partial charge in [0.05, 0.1) is 11.3 Å². The predicted molar refractivity (Wildman–Crippen MR) is 139 cm³/mol. The standard InChI is InChI=1S/C26H43N3O2S/c1-5-6-7-8-9-10-11-12-13-14-15-20-23(30)28-25(32)27-22-19-17-16-18-21(22)24(31)29-26(2,3)4/h16-19H,5-15,20H2,1-4H3,(H,29,31)(H2,27,28,30,32). The van der Waals surface area contributed by atoms with Gasteiger partial charge in [-0.05, 0) is 51.5 Å². The summed E-state index contributed by atoms with van der Waals surface area (Å²) < 4.78 is 0. The van der Waals surface area contributed by atoms with E-state index in [1.54, 1.807) is 18.2 Å². The lowest BCUT2D eigenvalue weighted by Gasteiger charge is -2.21. The van der Waals surface area contributed by atoms with Gasteiger partial charge in [0, 0.05) is 12.0 Å². The summed E-state index contributed by atoms with van der Waals surface area (Å²) in [5.41, 5.74) is 0.728. The van der Waals surface area contributed by atoms with E-state index < -0.39 is 0 Å². The van der Waals surface area contributed by atoms with Gasteiger partial charge in [0.1, 0.15) is 0 Å². The second-order valence-electron chi connectivity index (χ2n) is 9.54. The Morgan fingerprint density at radius 3 is 1.94 bits per heavy atom. The maximum atomic E-state index is 12.5. The molecule has 0 aliphatic carbocycles. The number of para-hydroxylation sites is 1. The fraction of sp³-hybridized carbons (Fsp3) is 0.654. The van der Waals surface area contributed by atoms with Gasteiger partial charge in [-0.2, -0.15) is 0 Å². The first-order chi connectivity index (χ1) is 15.2. The molecule has 0 atom stereocenters. The Balaban J connectivity index is 2.25. The Bertz CT molecular complexity index is 713. The molecule has 32 heavy (non-hydrogen) atoms. The molecule has 0 fully saturated rings. The first-order valence-electron chi connectivity index (χ1n) is 12.3. The quantitative estimate of drug-likeness (QED) is 0.212. The third-order valence-corrected chi connectivity index (χ3v) is 5.37. The summed E-state index contributed by atoms with van der Waals surface area (Å²) in [4.78, 5) is 24.7. The van der Waals surface area contributed by atoms with Crippen molar-refractivity contribution in [2.45, 2.75) is 110 Å². The molecule has 0 spiro atoms. The Kier molecular flexibility index (Phi) is 13.9. The van der Waals surface area contributed by atoms with Gasteiger partial charge in [0.2, 0.25) is 5.91 Å². The van der Waals surface area contributed by atoms with E-state index in [0.717, 1.165) is 12.8 Å². The molecular weight excluding hydrogens is 418 g/mol. The van der Waals surface area contributed by atoms with Crippen LogP contribution in [-0.2, 0) is 4.79 Å². The highest BCUT2D eigenvalue weighted by Crippen LogP contribution is 2.16. The van der Waals surface area contributed by atoms with Crippen LogP contribution in [0, 0.1) is 0 Å². The van der Waals surface area contributed by atoms with Crippen LogP contribution in [0.5, 0.6) is 0 Å². The molecule has 0 saturated carbocycles. The number of nitrogens with one attached hydrogen (secondary N) is 3. The van der Waals surface area contributed by atoms with Crippen molar-refractivity contribution in [1.82, 2.24) is 10.6 Å². The van der Waals surface area contributed by atoms with Gasteiger partial charge in [0.15, 0.2) is 5.11 Å². The lowest BCUT2D eigenvalue weighted by atomic mass is 10.1. The summed E-state index contributed by atoms with van der Waals surface area (Å²) in [5, 5.41) is 8.88. The molecule has 0 aliphatic rings. The highest BCUT2D eigenvalue weighted by Gasteiger charge is 2.18. The molecule has 0 saturated heterocycles. The zero-order chi connectivity index (χ0) is 23.8. The molecule has 3 N–H and O–H groups in total. The Hall–Kier alpha value is -1.95. The summed E-state index contributed by atoms with van der Waals surface area (Å²) in [5.74, 6) is -0.272. The minimum Gasteiger partial charge on any atom is -0.347 e. The number of carbonyl (C=O) groups excluding carboxylic acids is 2. The van der Waals surface area contributed by atoms with Gasteiger partial charge < -0.3 is 16.0 Å². The largest absolute Gasteiger partial charge is 0.347 e. The lowest BCUT2D eigenvalue weighted by Crippen LogP contribution is -2.41. The third kappa shape index (κ3) is 13.5. The van der Waals surface area contributed by atoms with Crippen molar-refractivity contribution >= 4 is 34.8 Å². The van der Waals surface area contributed by atoms with E-state index in [4.69, 9.17) is 12.2 Å². The number of thiocarbonyl (C=S) groups is 1. The number of carbonyl (C=O) groups is 2. The minimum absolute atomic E-state index is 0.0879. The molecule has 1 aromatic carbocycles. The fourth-order valence-electron chi connectivity index (χ4n) is 3.49. The smallest absolute Gasteiger partial charge is 0.253 e. The number of rotatable bonds is 14. The van der Waals surface area contributed by atoms with Gasteiger partial charge in [-0.25, -0.2) is 0 Å². The SMILES string of the molecule is CCCCCCCCCCCCCC(=O)NC(=S)Nc1ccccc1C(=O)NC(C)(C)C. The summed E-state index contributed by atoms with van der Waals surface area (Å²) in [6.07, 6.45) is 14.2. The molecule has 180 valence electrons. The second-order valence-corrected chi connectivity index (χ2v) is 9.95. The van der Waals surface area contributed by atoms with E-state index in [1.807, 2.05) is 26.8 Å². The minimum atomic E-state index is -0.340. The number of anilines is 1. The van der Waals surface area contributed by atoms with Crippen LogP contribution in [0.2, 0.25) is 0 Å². The predicted octanol–water partition coefficient (Wildman–Crippen LogP) is 6.73. The molecular formula is C26H43N3O2S. The highest BCUT2D eigenvalue weighted by molar-refractivity contribution is 7.80. The third-order valence-electron chi connectivity index (χ3n) is 5.17. The van der Waals surface area contributed by atoms with Crippen molar-refractivity contribution < 1.29 is 9.59 Å². The monoisotopic (exact) mass is 461 g/mol. The molecule has 1 aromatic rings. The van der Waals surface area contributed by atoms with Crippen LogP contribution in [0.1, 0.15) is 115 Å². The highest BCUT2D eigenvalue weighted by atomic mass is 32.1. The Morgan fingerprint density at radius 2 is 1.38 bits per heavy atom. The average Bonchev–Trinajstić information content (AvgIpc) is 2.71. The van der Waals surface area contributed by atoms with Gasteiger partial charge in [0.25, 0.3) is 5.91 Å². The van der Waals surface area contributed by atoms with E-state index in [2.05, 4.69) is 22.9 Å². The zero-order valence-electron chi connectivity index (χ0n) is 20.5. The number of unbranched alkanes of at least 4 members (excludes halogenated alkanes) is 10. The van der Waals surface area contributed by atoms with Gasteiger partial charge in [-0.15, -0.1) is 0 Å². The molecule has 2 amide bonds. The fourth-order valence-corrected chi connectivity index (χ4v) is 3.71. The van der Waals surface area contributed by atoms with E-state index >= 15 is 0 Å². The molecule has 0 aromatic heterocycles. The van der Waals surface area contributed by atoms with Crippen LogP contribution < -0.4 is 16.0 Å². The average molecular weight is 462 g/mol. The van der Waals surface area contributed by atoms with E-state index in [9.17, 15) is 9.59 Å².